The lowest BCUT2D eigenvalue weighted by atomic mass is 9.90. The number of aliphatic imine (C=N–C) groups is 1. The van der Waals surface area contributed by atoms with Crippen LogP contribution < -0.4 is 16.0 Å². The summed E-state index contributed by atoms with van der Waals surface area (Å²) in [6.45, 7) is 4.19. The molecule has 0 saturated carbocycles. The Balaban J connectivity index is 1.51. The molecule has 6 heteroatoms. The zero-order valence-corrected chi connectivity index (χ0v) is 18.2. The molecule has 2 aliphatic heterocycles. The number of piperazine rings is 1. The van der Waals surface area contributed by atoms with Crippen molar-refractivity contribution in [1.82, 2.24) is 4.90 Å². The molecule has 1 amide bonds. The third kappa shape index (κ3) is 3.97. The van der Waals surface area contributed by atoms with Gasteiger partial charge >= 0.3 is 0 Å². The van der Waals surface area contributed by atoms with Crippen molar-refractivity contribution in [2.24, 2.45) is 4.99 Å². The predicted octanol–water partition coefficient (Wildman–Crippen LogP) is 3.88. The Kier molecular flexibility index (Phi) is 5.37. The van der Waals surface area contributed by atoms with E-state index in [-0.39, 0.29) is 5.91 Å². The zero-order chi connectivity index (χ0) is 22.1. The summed E-state index contributed by atoms with van der Waals surface area (Å²) in [5, 5.41) is 2.97. The number of nitrogens with two attached hydrogens (primary N) is 1. The normalized spacial score (nSPS) is 19.0. The fourth-order valence-corrected chi connectivity index (χ4v) is 4.40. The fraction of sp³-hybridized carbons (Fsp3) is 0.231. The second-order valence-corrected chi connectivity index (χ2v) is 8.44. The SMILES string of the molecule is CN1CCN(c2ccc(N=C(c3ccccc3)C3C(=O)Nc4cc(N)ccc43)cc2)CC1. The first-order chi connectivity index (χ1) is 15.6. The van der Waals surface area contributed by atoms with Gasteiger partial charge in [-0.3, -0.25) is 9.79 Å². The number of nitrogen functional groups attached to an aromatic ring is 1. The highest BCUT2D eigenvalue weighted by molar-refractivity contribution is 6.24. The molecule has 5 rings (SSSR count). The topological polar surface area (TPSA) is 74.0 Å². The average Bonchev–Trinajstić information content (AvgIpc) is 3.13. The summed E-state index contributed by atoms with van der Waals surface area (Å²) in [5.74, 6) is -0.562. The van der Waals surface area contributed by atoms with Crippen LogP contribution in [0.5, 0.6) is 0 Å². The molecule has 1 fully saturated rings. The first-order valence-electron chi connectivity index (χ1n) is 11.0. The van der Waals surface area contributed by atoms with Crippen LogP contribution in [-0.2, 0) is 4.79 Å². The summed E-state index contributed by atoms with van der Waals surface area (Å²) in [7, 11) is 2.16. The van der Waals surface area contributed by atoms with Gasteiger partial charge in [0.15, 0.2) is 0 Å². The Hall–Kier alpha value is -3.64. The summed E-state index contributed by atoms with van der Waals surface area (Å²) in [4.78, 5) is 22.7. The second-order valence-electron chi connectivity index (χ2n) is 8.44. The number of anilines is 3. The summed E-state index contributed by atoms with van der Waals surface area (Å²) in [6.07, 6.45) is 0. The summed E-state index contributed by atoms with van der Waals surface area (Å²) in [6, 6.07) is 23.8. The van der Waals surface area contributed by atoms with Crippen molar-refractivity contribution in [2.45, 2.75) is 5.92 Å². The van der Waals surface area contributed by atoms with Crippen LogP contribution in [0.2, 0.25) is 0 Å². The van der Waals surface area contributed by atoms with Crippen molar-refractivity contribution in [3.63, 3.8) is 0 Å². The molecule has 0 spiro atoms. The molecule has 1 saturated heterocycles. The van der Waals surface area contributed by atoms with Gasteiger partial charge in [-0.15, -0.1) is 0 Å². The van der Waals surface area contributed by atoms with E-state index in [9.17, 15) is 4.79 Å². The van der Waals surface area contributed by atoms with Gasteiger partial charge in [-0.25, -0.2) is 0 Å². The minimum Gasteiger partial charge on any atom is -0.399 e. The third-order valence-corrected chi connectivity index (χ3v) is 6.22. The zero-order valence-electron chi connectivity index (χ0n) is 18.2. The van der Waals surface area contributed by atoms with Crippen LogP contribution in [0.1, 0.15) is 17.0 Å². The second kappa shape index (κ2) is 8.48. The molecule has 0 aromatic heterocycles. The minimum absolute atomic E-state index is 0.0812. The number of hydrogen-bond acceptors (Lipinski definition) is 5. The van der Waals surface area contributed by atoms with E-state index in [0.29, 0.717) is 5.69 Å². The van der Waals surface area contributed by atoms with Gasteiger partial charge in [0.25, 0.3) is 0 Å². The number of likely N-dealkylation sites (N-methyl/N-ethyl adjacent to an activating group) is 1. The van der Waals surface area contributed by atoms with Gasteiger partial charge in [-0.2, -0.15) is 0 Å². The lowest BCUT2D eigenvalue weighted by molar-refractivity contribution is -0.115. The molecule has 1 unspecified atom stereocenters. The molecule has 3 aromatic rings. The summed E-state index contributed by atoms with van der Waals surface area (Å²) < 4.78 is 0. The quantitative estimate of drug-likeness (QED) is 0.492. The van der Waals surface area contributed by atoms with Crippen LogP contribution >= 0.6 is 0 Å². The number of rotatable bonds is 4. The lowest BCUT2D eigenvalue weighted by Gasteiger charge is -2.34. The number of fused-ring (bicyclic) bond motifs is 1. The number of nitrogens with zero attached hydrogens (tertiary/aromatic N) is 3. The van der Waals surface area contributed by atoms with Crippen LogP contribution in [0.15, 0.2) is 77.8 Å². The molecule has 162 valence electrons. The van der Waals surface area contributed by atoms with E-state index in [2.05, 4.69) is 34.3 Å². The van der Waals surface area contributed by atoms with Crippen LogP contribution in [0.4, 0.5) is 22.7 Å². The van der Waals surface area contributed by atoms with Crippen molar-refractivity contribution >= 4 is 34.4 Å². The number of carbonyl (C=O) groups is 1. The van der Waals surface area contributed by atoms with Crippen molar-refractivity contribution < 1.29 is 4.79 Å². The Morgan fingerprint density at radius 2 is 1.69 bits per heavy atom. The van der Waals surface area contributed by atoms with E-state index >= 15 is 0 Å². The smallest absolute Gasteiger partial charge is 0.238 e. The molecule has 0 radical (unpaired) electrons. The Bertz CT molecular complexity index is 1150. The van der Waals surface area contributed by atoms with E-state index in [0.717, 1.165) is 54.4 Å². The molecule has 2 heterocycles. The monoisotopic (exact) mass is 425 g/mol. The standard InChI is InChI=1S/C26H27N5O/c1-30-13-15-31(16-14-30)21-10-8-20(9-11-21)28-25(18-5-3-2-4-6-18)24-22-12-7-19(27)17-23(22)29-26(24)32/h2-12,17,24H,13-16,27H2,1H3,(H,29,32). The van der Waals surface area contributed by atoms with Gasteiger partial charge in [-0.05, 0) is 54.6 Å². The van der Waals surface area contributed by atoms with Crippen molar-refractivity contribution in [2.75, 3.05) is 49.2 Å². The third-order valence-electron chi connectivity index (χ3n) is 6.22. The molecule has 0 aliphatic carbocycles. The lowest BCUT2D eigenvalue weighted by Crippen LogP contribution is -2.44. The molecule has 6 nitrogen and oxygen atoms in total. The van der Waals surface area contributed by atoms with Gasteiger partial charge in [-0.1, -0.05) is 36.4 Å². The molecular formula is C26H27N5O. The first-order valence-corrected chi connectivity index (χ1v) is 11.0. The maximum atomic E-state index is 13.0. The summed E-state index contributed by atoms with van der Waals surface area (Å²) in [5.41, 5.74) is 11.9. The first kappa shape index (κ1) is 20.3. The molecular weight excluding hydrogens is 398 g/mol. The van der Waals surface area contributed by atoms with Gasteiger partial charge in [0.1, 0.15) is 5.92 Å². The van der Waals surface area contributed by atoms with Crippen molar-refractivity contribution in [3.05, 3.63) is 83.9 Å². The van der Waals surface area contributed by atoms with E-state index in [1.807, 2.05) is 54.6 Å². The molecule has 0 bridgehead atoms. The number of benzene rings is 3. The molecule has 3 aromatic carbocycles. The molecule has 2 aliphatic rings. The van der Waals surface area contributed by atoms with Crippen LogP contribution in [0.25, 0.3) is 0 Å². The number of amides is 1. The van der Waals surface area contributed by atoms with E-state index in [1.54, 1.807) is 6.07 Å². The van der Waals surface area contributed by atoms with E-state index < -0.39 is 5.92 Å². The molecule has 3 N–H and O–H groups in total. The van der Waals surface area contributed by atoms with Gasteiger partial charge < -0.3 is 20.9 Å². The van der Waals surface area contributed by atoms with Gasteiger partial charge in [0.05, 0.1) is 11.4 Å². The molecule has 1 atom stereocenters. The maximum absolute atomic E-state index is 13.0. The maximum Gasteiger partial charge on any atom is 0.238 e. The predicted molar refractivity (Wildman–Crippen MR) is 131 cm³/mol. The highest BCUT2D eigenvalue weighted by Gasteiger charge is 2.35. The van der Waals surface area contributed by atoms with Crippen LogP contribution in [-0.4, -0.2) is 49.7 Å². The van der Waals surface area contributed by atoms with Crippen LogP contribution in [0.3, 0.4) is 0 Å². The Morgan fingerprint density at radius 1 is 0.969 bits per heavy atom. The van der Waals surface area contributed by atoms with Gasteiger partial charge in [0.2, 0.25) is 5.91 Å². The van der Waals surface area contributed by atoms with E-state index in [4.69, 9.17) is 10.7 Å². The highest BCUT2D eigenvalue weighted by atomic mass is 16.2. The Morgan fingerprint density at radius 3 is 2.41 bits per heavy atom. The molecule has 32 heavy (non-hydrogen) atoms. The minimum atomic E-state index is -0.481. The van der Waals surface area contributed by atoms with Crippen molar-refractivity contribution in [1.29, 1.82) is 0 Å². The average molecular weight is 426 g/mol. The van der Waals surface area contributed by atoms with E-state index in [1.165, 1.54) is 5.69 Å². The van der Waals surface area contributed by atoms with Crippen LogP contribution in [0, 0.1) is 0 Å². The van der Waals surface area contributed by atoms with Crippen molar-refractivity contribution in [3.8, 4) is 0 Å². The Labute approximate surface area is 188 Å². The number of hydrogen-bond donors (Lipinski definition) is 2. The number of nitrogens with one attached hydrogen (secondary N) is 1. The largest absolute Gasteiger partial charge is 0.399 e. The number of carbonyl (C=O) groups excluding carboxylic acids is 1. The van der Waals surface area contributed by atoms with Gasteiger partial charge in [0, 0.05) is 43.2 Å². The fourth-order valence-electron chi connectivity index (χ4n) is 4.40. The summed E-state index contributed by atoms with van der Waals surface area (Å²) >= 11 is 0. The highest BCUT2D eigenvalue weighted by Crippen LogP contribution is 2.37.